The molecule has 0 aliphatic carbocycles. The number of nitrogens with one attached hydrogen (secondary N) is 1. The summed E-state index contributed by atoms with van der Waals surface area (Å²) in [6, 6.07) is 14.1. The second-order valence-electron chi connectivity index (χ2n) is 7.27. The van der Waals surface area contributed by atoms with E-state index in [1.165, 1.54) is 4.31 Å². The Morgan fingerprint density at radius 2 is 1.72 bits per heavy atom. The van der Waals surface area contributed by atoms with Gasteiger partial charge in [-0.2, -0.15) is 0 Å². The first-order chi connectivity index (χ1) is 14.0. The lowest BCUT2D eigenvalue weighted by molar-refractivity contribution is 0.0789. The molecule has 1 atom stereocenters. The highest BCUT2D eigenvalue weighted by Crippen LogP contribution is 2.30. The van der Waals surface area contributed by atoms with E-state index in [4.69, 9.17) is 9.47 Å². The highest BCUT2D eigenvalue weighted by Gasteiger charge is 2.25. The Hall–Kier alpha value is -2.58. The summed E-state index contributed by atoms with van der Waals surface area (Å²) in [6.45, 7) is 1.88. The maximum Gasteiger partial charge on any atom is 0.251 e. The van der Waals surface area contributed by atoms with Gasteiger partial charge in [-0.05, 0) is 42.7 Å². The summed E-state index contributed by atoms with van der Waals surface area (Å²) in [6.07, 6.45) is 1.57. The average Bonchev–Trinajstić information content (AvgIpc) is 3.28. The lowest BCUT2D eigenvalue weighted by Gasteiger charge is -2.26. The highest BCUT2D eigenvalue weighted by atomic mass is 32.2. The van der Waals surface area contributed by atoms with Gasteiger partial charge in [0.05, 0.1) is 12.3 Å². The number of carbonyl (C=O) groups is 1. The van der Waals surface area contributed by atoms with Gasteiger partial charge in [0.25, 0.3) is 5.91 Å². The smallest absolute Gasteiger partial charge is 0.251 e. The van der Waals surface area contributed by atoms with E-state index in [9.17, 15) is 13.2 Å². The number of hydrogen-bond acceptors (Lipinski definition) is 5. The molecule has 4 rings (SSSR count). The number of sulfonamides is 1. The minimum atomic E-state index is -3.29. The summed E-state index contributed by atoms with van der Waals surface area (Å²) in [5.41, 5.74) is 1.15. The summed E-state index contributed by atoms with van der Waals surface area (Å²) in [7, 11) is -3.29. The van der Waals surface area contributed by atoms with Crippen molar-refractivity contribution in [1.29, 1.82) is 0 Å². The van der Waals surface area contributed by atoms with Gasteiger partial charge in [-0.25, -0.2) is 12.7 Å². The monoisotopic (exact) mass is 416 g/mol. The molecule has 1 N–H and O–H groups in total. The number of nitrogens with zero attached hydrogens (tertiary/aromatic N) is 1. The Bertz CT molecular complexity index is 969. The molecular weight excluding hydrogens is 392 g/mol. The maximum atomic E-state index is 12.4. The van der Waals surface area contributed by atoms with Crippen LogP contribution in [-0.4, -0.2) is 51.0 Å². The fourth-order valence-electron chi connectivity index (χ4n) is 3.49. The van der Waals surface area contributed by atoms with E-state index in [1.807, 2.05) is 24.3 Å². The van der Waals surface area contributed by atoms with Gasteiger partial charge in [-0.15, -0.1) is 0 Å². The SMILES string of the molecule is O=C(NC[C@@H]1COc2ccccc2O1)c1ccc(CS(=O)(=O)N2CCCC2)cc1. The van der Waals surface area contributed by atoms with Crippen LogP contribution in [-0.2, 0) is 15.8 Å². The first-order valence-corrected chi connectivity index (χ1v) is 11.4. The summed E-state index contributed by atoms with van der Waals surface area (Å²) in [5.74, 6) is 1.10. The van der Waals surface area contributed by atoms with Crippen molar-refractivity contribution in [3.63, 3.8) is 0 Å². The van der Waals surface area contributed by atoms with Crippen LogP contribution in [0.5, 0.6) is 11.5 Å². The lowest BCUT2D eigenvalue weighted by atomic mass is 10.1. The Balaban J connectivity index is 1.30. The van der Waals surface area contributed by atoms with Crippen LogP contribution in [0.4, 0.5) is 0 Å². The molecular formula is C21H24N2O5S. The number of fused-ring (bicyclic) bond motifs is 1. The number of para-hydroxylation sites is 2. The second kappa shape index (κ2) is 8.42. The molecule has 2 aromatic rings. The minimum Gasteiger partial charge on any atom is -0.486 e. The third kappa shape index (κ3) is 4.71. The predicted octanol–water partition coefficient (Wildman–Crippen LogP) is 2.18. The first-order valence-electron chi connectivity index (χ1n) is 9.75. The number of hydrogen-bond donors (Lipinski definition) is 1. The normalized spacial score (nSPS) is 19.1. The molecule has 2 aliphatic heterocycles. The summed E-state index contributed by atoms with van der Waals surface area (Å²) < 4.78 is 37.8. The summed E-state index contributed by atoms with van der Waals surface area (Å²) in [5, 5.41) is 2.84. The fraction of sp³-hybridized carbons (Fsp3) is 0.381. The number of rotatable bonds is 6. The van der Waals surface area contributed by atoms with E-state index in [0.717, 1.165) is 12.8 Å². The molecule has 0 spiro atoms. The number of carbonyl (C=O) groups excluding carboxylic acids is 1. The van der Waals surface area contributed by atoms with Crippen LogP contribution in [0.3, 0.4) is 0 Å². The van der Waals surface area contributed by atoms with E-state index in [-0.39, 0.29) is 17.8 Å². The van der Waals surface area contributed by atoms with Crippen LogP contribution >= 0.6 is 0 Å². The zero-order valence-electron chi connectivity index (χ0n) is 16.0. The zero-order chi connectivity index (χ0) is 20.3. The molecule has 0 saturated carbocycles. The average molecular weight is 416 g/mol. The molecule has 2 aromatic carbocycles. The molecule has 8 heteroatoms. The van der Waals surface area contributed by atoms with Crippen LogP contribution < -0.4 is 14.8 Å². The molecule has 0 unspecified atom stereocenters. The van der Waals surface area contributed by atoms with Gasteiger partial charge in [0.15, 0.2) is 11.5 Å². The van der Waals surface area contributed by atoms with E-state index in [0.29, 0.717) is 48.9 Å². The molecule has 2 heterocycles. The van der Waals surface area contributed by atoms with Crippen molar-refractivity contribution in [2.45, 2.75) is 24.7 Å². The molecule has 0 bridgehead atoms. The second-order valence-corrected chi connectivity index (χ2v) is 9.24. The van der Waals surface area contributed by atoms with Gasteiger partial charge >= 0.3 is 0 Å². The number of benzene rings is 2. The minimum absolute atomic E-state index is 0.0401. The Morgan fingerprint density at radius 1 is 1.03 bits per heavy atom. The fourth-order valence-corrected chi connectivity index (χ4v) is 5.10. The standard InChI is InChI=1S/C21H24N2O5S/c24-21(22-13-18-14-27-19-5-1-2-6-20(19)28-18)17-9-7-16(8-10-17)15-29(25,26)23-11-3-4-12-23/h1-2,5-10,18H,3-4,11-15H2,(H,22,24)/t18-/m1/s1. The number of ether oxygens (including phenoxy) is 2. The molecule has 7 nitrogen and oxygen atoms in total. The third-order valence-corrected chi connectivity index (χ3v) is 6.93. The van der Waals surface area contributed by atoms with E-state index in [1.54, 1.807) is 24.3 Å². The van der Waals surface area contributed by atoms with Crippen molar-refractivity contribution in [1.82, 2.24) is 9.62 Å². The molecule has 0 aromatic heterocycles. The molecule has 0 radical (unpaired) electrons. The maximum absolute atomic E-state index is 12.4. The van der Waals surface area contributed by atoms with Gasteiger partial charge in [0.2, 0.25) is 10.0 Å². The molecule has 1 amide bonds. The van der Waals surface area contributed by atoms with Crippen LogP contribution in [0.2, 0.25) is 0 Å². The van der Waals surface area contributed by atoms with Gasteiger partial charge in [-0.3, -0.25) is 4.79 Å². The van der Waals surface area contributed by atoms with Gasteiger partial charge in [0, 0.05) is 18.7 Å². The lowest BCUT2D eigenvalue weighted by Crippen LogP contribution is -2.40. The molecule has 2 aliphatic rings. The van der Waals surface area contributed by atoms with Crippen molar-refractivity contribution in [3.8, 4) is 11.5 Å². The first kappa shape index (κ1) is 19.7. The van der Waals surface area contributed by atoms with Gasteiger partial charge in [-0.1, -0.05) is 24.3 Å². The zero-order valence-corrected chi connectivity index (χ0v) is 16.9. The Labute approximate surface area is 170 Å². The van der Waals surface area contributed by atoms with Crippen LogP contribution in [0.1, 0.15) is 28.8 Å². The van der Waals surface area contributed by atoms with Crippen LogP contribution in [0, 0.1) is 0 Å². The van der Waals surface area contributed by atoms with Crippen LogP contribution in [0.15, 0.2) is 48.5 Å². The van der Waals surface area contributed by atoms with Crippen molar-refractivity contribution in [2.24, 2.45) is 0 Å². The molecule has 154 valence electrons. The predicted molar refractivity (Wildman–Crippen MR) is 109 cm³/mol. The highest BCUT2D eigenvalue weighted by molar-refractivity contribution is 7.88. The van der Waals surface area contributed by atoms with Crippen molar-refractivity contribution < 1.29 is 22.7 Å². The number of amides is 1. The molecule has 29 heavy (non-hydrogen) atoms. The van der Waals surface area contributed by atoms with Gasteiger partial charge in [0.1, 0.15) is 12.7 Å². The third-order valence-electron chi connectivity index (χ3n) is 5.08. The Kier molecular flexibility index (Phi) is 5.73. The van der Waals surface area contributed by atoms with Crippen molar-refractivity contribution >= 4 is 15.9 Å². The van der Waals surface area contributed by atoms with E-state index >= 15 is 0 Å². The Morgan fingerprint density at radius 3 is 2.45 bits per heavy atom. The molecule has 1 fully saturated rings. The van der Waals surface area contributed by atoms with Crippen molar-refractivity contribution in [2.75, 3.05) is 26.2 Å². The van der Waals surface area contributed by atoms with Crippen molar-refractivity contribution in [3.05, 3.63) is 59.7 Å². The molecule has 1 saturated heterocycles. The summed E-state index contributed by atoms with van der Waals surface area (Å²) >= 11 is 0. The van der Waals surface area contributed by atoms with E-state index in [2.05, 4.69) is 5.32 Å². The quantitative estimate of drug-likeness (QED) is 0.780. The largest absolute Gasteiger partial charge is 0.486 e. The van der Waals surface area contributed by atoms with Gasteiger partial charge < -0.3 is 14.8 Å². The van der Waals surface area contributed by atoms with Crippen LogP contribution in [0.25, 0.3) is 0 Å². The van der Waals surface area contributed by atoms with E-state index < -0.39 is 10.0 Å². The summed E-state index contributed by atoms with van der Waals surface area (Å²) in [4.78, 5) is 12.4. The topological polar surface area (TPSA) is 84.9 Å².